The minimum absolute atomic E-state index is 0.439. The van der Waals surface area contributed by atoms with Gasteiger partial charge in [0.15, 0.2) is 0 Å². The Morgan fingerprint density at radius 1 is 1.50 bits per heavy atom. The first-order chi connectivity index (χ1) is 5.54. The molecule has 0 unspecified atom stereocenters. The zero-order valence-corrected chi connectivity index (χ0v) is 8.94. The molecule has 0 fully saturated rings. The molecule has 0 saturated carbocycles. The first-order valence-corrected chi connectivity index (χ1v) is 4.51. The van der Waals surface area contributed by atoms with Crippen molar-refractivity contribution in [3.63, 3.8) is 0 Å². The van der Waals surface area contributed by atoms with Gasteiger partial charge in [0.05, 0.1) is 19.8 Å². The van der Waals surface area contributed by atoms with Crippen molar-refractivity contribution >= 4 is 6.72 Å². The molecule has 0 heterocycles. The molecule has 0 bridgehead atoms. The van der Waals surface area contributed by atoms with Gasteiger partial charge in [-0.25, -0.2) is 4.58 Å². The summed E-state index contributed by atoms with van der Waals surface area (Å²) in [6, 6.07) is 0.439. The third-order valence-corrected chi connectivity index (χ3v) is 2.08. The summed E-state index contributed by atoms with van der Waals surface area (Å²) in [4.78, 5) is 0. The summed E-state index contributed by atoms with van der Waals surface area (Å²) in [6.45, 7) is 12.5. The Morgan fingerprint density at radius 3 is 2.25 bits per heavy atom. The molecular formula is C10H21N2+. The molecule has 0 aliphatic rings. The van der Waals surface area contributed by atoms with Crippen molar-refractivity contribution in [3.05, 3.63) is 11.4 Å². The van der Waals surface area contributed by atoms with Gasteiger partial charge in [-0.2, -0.15) is 0 Å². The van der Waals surface area contributed by atoms with E-state index in [9.17, 15) is 0 Å². The van der Waals surface area contributed by atoms with Gasteiger partial charge in [0.25, 0.3) is 5.82 Å². The second-order valence-electron chi connectivity index (χ2n) is 3.30. The Labute approximate surface area is 76.0 Å². The summed E-state index contributed by atoms with van der Waals surface area (Å²) in [5.41, 5.74) is 1.35. The molecule has 0 spiro atoms. The van der Waals surface area contributed by atoms with Crippen LogP contribution < -0.4 is 5.32 Å². The molecule has 0 aliphatic heterocycles. The van der Waals surface area contributed by atoms with Crippen LogP contribution >= 0.6 is 0 Å². The van der Waals surface area contributed by atoms with Gasteiger partial charge in [0, 0.05) is 5.57 Å². The van der Waals surface area contributed by atoms with Crippen LogP contribution in [-0.4, -0.2) is 24.4 Å². The first kappa shape index (κ1) is 11.2. The normalized spacial score (nSPS) is 12.8. The molecule has 0 aromatic rings. The van der Waals surface area contributed by atoms with Crippen LogP contribution in [0.5, 0.6) is 0 Å². The van der Waals surface area contributed by atoms with Gasteiger partial charge in [-0.1, -0.05) is 6.92 Å². The maximum absolute atomic E-state index is 3.99. The first-order valence-electron chi connectivity index (χ1n) is 4.51. The van der Waals surface area contributed by atoms with Crippen LogP contribution in [0.15, 0.2) is 11.4 Å². The predicted octanol–water partition coefficient (Wildman–Crippen LogP) is 1.97. The van der Waals surface area contributed by atoms with Crippen LogP contribution in [0.3, 0.4) is 0 Å². The van der Waals surface area contributed by atoms with E-state index in [-0.39, 0.29) is 0 Å². The van der Waals surface area contributed by atoms with Gasteiger partial charge in [-0.3, -0.25) is 5.32 Å². The molecule has 2 heteroatoms. The molecule has 12 heavy (non-hydrogen) atoms. The van der Waals surface area contributed by atoms with Crippen molar-refractivity contribution in [1.82, 2.24) is 5.32 Å². The van der Waals surface area contributed by atoms with Crippen molar-refractivity contribution in [1.29, 1.82) is 0 Å². The molecule has 0 atom stereocenters. The van der Waals surface area contributed by atoms with Gasteiger partial charge in [0.1, 0.15) is 0 Å². The number of rotatable bonds is 4. The standard InChI is InChI=1S/C10H21N2/c1-7-9(4)10(11-5)12(6)8(2)3/h8,11H,6-7H2,1-5H3/q+1. The molecule has 2 nitrogen and oxygen atoms in total. The van der Waals surface area contributed by atoms with E-state index in [1.165, 1.54) is 5.57 Å². The van der Waals surface area contributed by atoms with E-state index in [1.54, 1.807) is 0 Å². The Morgan fingerprint density at radius 2 is 2.00 bits per heavy atom. The molecular weight excluding hydrogens is 148 g/mol. The molecule has 70 valence electrons. The highest BCUT2D eigenvalue weighted by Crippen LogP contribution is 2.07. The summed E-state index contributed by atoms with van der Waals surface area (Å²) in [5, 5.41) is 3.18. The average Bonchev–Trinajstić information content (AvgIpc) is 2.05. The Balaban J connectivity index is 4.67. The molecule has 1 N–H and O–H groups in total. The van der Waals surface area contributed by atoms with Crippen LogP contribution in [0.2, 0.25) is 0 Å². The number of nitrogens with one attached hydrogen (secondary N) is 1. The molecule has 0 aliphatic carbocycles. The number of allylic oxidation sites excluding steroid dienone is 1. The van der Waals surface area contributed by atoms with Crippen molar-refractivity contribution in [2.24, 2.45) is 0 Å². The van der Waals surface area contributed by atoms with E-state index in [2.05, 4.69) is 39.7 Å². The van der Waals surface area contributed by atoms with Gasteiger partial charge in [-0.05, 0) is 27.2 Å². The second-order valence-corrected chi connectivity index (χ2v) is 3.30. The van der Waals surface area contributed by atoms with Crippen LogP contribution in [0, 0.1) is 0 Å². The van der Waals surface area contributed by atoms with Crippen molar-refractivity contribution in [2.75, 3.05) is 7.05 Å². The molecule has 0 amide bonds. The molecule has 0 aromatic carbocycles. The molecule has 0 aromatic heterocycles. The third-order valence-electron chi connectivity index (χ3n) is 2.08. The van der Waals surface area contributed by atoms with E-state index < -0.39 is 0 Å². The van der Waals surface area contributed by atoms with Gasteiger partial charge >= 0.3 is 0 Å². The van der Waals surface area contributed by atoms with E-state index in [0.717, 1.165) is 12.2 Å². The number of hydrogen-bond donors (Lipinski definition) is 1. The summed E-state index contributed by atoms with van der Waals surface area (Å²) < 4.78 is 2.01. The number of nitrogens with zero attached hydrogens (tertiary/aromatic N) is 1. The summed E-state index contributed by atoms with van der Waals surface area (Å²) in [5.74, 6) is 1.15. The van der Waals surface area contributed by atoms with E-state index in [1.807, 2.05) is 11.6 Å². The highest BCUT2D eigenvalue weighted by molar-refractivity contribution is 5.18. The quantitative estimate of drug-likeness (QED) is 0.502. The lowest BCUT2D eigenvalue weighted by Crippen LogP contribution is -2.27. The molecule has 0 radical (unpaired) electrons. The predicted molar refractivity (Wildman–Crippen MR) is 54.6 cm³/mol. The smallest absolute Gasteiger partial charge is 0.272 e. The zero-order valence-electron chi connectivity index (χ0n) is 8.94. The Bertz CT molecular complexity index is 190. The summed E-state index contributed by atoms with van der Waals surface area (Å²) >= 11 is 0. The second kappa shape index (κ2) is 4.96. The topological polar surface area (TPSA) is 15.0 Å². The van der Waals surface area contributed by atoms with Gasteiger partial charge in [0.2, 0.25) is 0 Å². The monoisotopic (exact) mass is 169 g/mol. The minimum atomic E-state index is 0.439. The molecule has 0 rings (SSSR count). The third kappa shape index (κ3) is 2.68. The van der Waals surface area contributed by atoms with Crippen molar-refractivity contribution < 1.29 is 4.58 Å². The Kier molecular flexibility index (Phi) is 4.64. The fourth-order valence-electron chi connectivity index (χ4n) is 1.03. The van der Waals surface area contributed by atoms with Crippen molar-refractivity contribution in [3.8, 4) is 0 Å². The van der Waals surface area contributed by atoms with Crippen LogP contribution in [0.1, 0.15) is 34.1 Å². The average molecular weight is 169 g/mol. The fraction of sp³-hybridized carbons (Fsp3) is 0.700. The zero-order chi connectivity index (χ0) is 9.72. The van der Waals surface area contributed by atoms with E-state index in [4.69, 9.17) is 0 Å². The fourth-order valence-corrected chi connectivity index (χ4v) is 1.03. The van der Waals surface area contributed by atoms with Crippen molar-refractivity contribution in [2.45, 2.75) is 40.2 Å². The van der Waals surface area contributed by atoms with E-state index >= 15 is 0 Å². The maximum Gasteiger partial charge on any atom is 0.272 e. The van der Waals surface area contributed by atoms with E-state index in [0.29, 0.717) is 6.04 Å². The lowest BCUT2D eigenvalue weighted by atomic mass is 10.2. The van der Waals surface area contributed by atoms with Crippen LogP contribution in [0.4, 0.5) is 0 Å². The highest BCUT2D eigenvalue weighted by atomic mass is 15.2. The van der Waals surface area contributed by atoms with Gasteiger partial charge in [-0.15, -0.1) is 0 Å². The molecule has 0 saturated heterocycles. The minimum Gasteiger partial charge on any atom is -0.277 e. The summed E-state index contributed by atoms with van der Waals surface area (Å²) in [6.07, 6.45) is 1.06. The largest absolute Gasteiger partial charge is 0.277 e. The van der Waals surface area contributed by atoms with Crippen LogP contribution in [-0.2, 0) is 0 Å². The Hall–Kier alpha value is -0.790. The summed E-state index contributed by atoms with van der Waals surface area (Å²) in [7, 11) is 1.94. The lowest BCUT2D eigenvalue weighted by molar-refractivity contribution is -0.508. The number of hydrogen-bond acceptors (Lipinski definition) is 1. The van der Waals surface area contributed by atoms with Crippen LogP contribution in [0.25, 0.3) is 0 Å². The maximum atomic E-state index is 3.99. The van der Waals surface area contributed by atoms with Gasteiger partial charge < -0.3 is 0 Å². The highest BCUT2D eigenvalue weighted by Gasteiger charge is 2.12. The lowest BCUT2D eigenvalue weighted by Gasteiger charge is -2.11. The SMILES string of the molecule is C=[N+](C(NC)=C(C)CC)C(C)C.